The van der Waals surface area contributed by atoms with Gasteiger partial charge >= 0.3 is 0 Å². The van der Waals surface area contributed by atoms with Crippen LogP contribution in [-0.2, 0) is 6.54 Å². The highest BCUT2D eigenvalue weighted by molar-refractivity contribution is 5.33. The molecule has 0 heterocycles. The first-order chi connectivity index (χ1) is 8.44. The summed E-state index contributed by atoms with van der Waals surface area (Å²) < 4.78 is 5.76. The van der Waals surface area contributed by atoms with E-state index in [1.807, 2.05) is 45.9 Å². The Morgan fingerprint density at radius 1 is 1.28 bits per heavy atom. The molecule has 0 radical (unpaired) electrons. The monoisotopic (exact) mass is 251 g/mol. The number of hydrogen-bond donors (Lipinski definition) is 2. The van der Waals surface area contributed by atoms with Crippen molar-refractivity contribution in [3.05, 3.63) is 29.8 Å². The molecular formula is C15H25NO2. The second-order valence-corrected chi connectivity index (χ2v) is 5.70. The molecule has 1 aromatic carbocycles. The van der Waals surface area contributed by atoms with Gasteiger partial charge in [0.25, 0.3) is 0 Å². The van der Waals surface area contributed by atoms with Crippen LogP contribution in [0.5, 0.6) is 5.75 Å². The number of aliphatic hydroxyl groups excluding tert-OH is 1. The average Bonchev–Trinajstić information content (AvgIpc) is 2.30. The fourth-order valence-electron chi connectivity index (χ4n) is 1.61. The Morgan fingerprint density at radius 3 is 2.56 bits per heavy atom. The minimum atomic E-state index is -0.0894. The van der Waals surface area contributed by atoms with E-state index >= 15 is 0 Å². The maximum Gasteiger partial charge on any atom is 0.124 e. The Bertz CT molecular complexity index is 361. The molecule has 2 N–H and O–H groups in total. The molecule has 0 bridgehead atoms. The van der Waals surface area contributed by atoms with Gasteiger partial charge in [-0.05, 0) is 19.9 Å². The molecule has 0 saturated heterocycles. The lowest BCUT2D eigenvalue weighted by atomic mass is 9.95. The second-order valence-electron chi connectivity index (χ2n) is 5.70. The molecule has 18 heavy (non-hydrogen) atoms. The fraction of sp³-hybridized carbons (Fsp3) is 0.600. The van der Waals surface area contributed by atoms with E-state index in [0.29, 0.717) is 0 Å². The van der Waals surface area contributed by atoms with Crippen LogP contribution in [0.25, 0.3) is 0 Å². The number of hydrogen-bond acceptors (Lipinski definition) is 3. The van der Waals surface area contributed by atoms with E-state index < -0.39 is 0 Å². The molecule has 1 aromatic rings. The smallest absolute Gasteiger partial charge is 0.124 e. The quantitative estimate of drug-likeness (QED) is 0.782. The largest absolute Gasteiger partial charge is 0.491 e. The van der Waals surface area contributed by atoms with Gasteiger partial charge < -0.3 is 15.2 Å². The minimum Gasteiger partial charge on any atom is -0.491 e. The lowest BCUT2D eigenvalue weighted by molar-refractivity contribution is 0.156. The molecule has 0 atom stereocenters. The first-order valence-electron chi connectivity index (χ1n) is 6.51. The van der Waals surface area contributed by atoms with E-state index in [4.69, 9.17) is 4.74 Å². The predicted octanol–water partition coefficient (Wildman–Crippen LogP) is 2.58. The SMILES string of the molecule is CC(C)Oc1ccccc1CNCC(C)(C)CO. The van der Waals surface area contributed by atoms with Crippen molar-refractivity contribution in [2.24, 2.45) is 5.41 Å². The summed E-state index contributed by atoms with van der Waals surface area (Å²) in [6.45, 7) is 9.85. The number of benzene rings is 1. The van der Waals surface area contributed by atoms with Crippen molar-refractivity contribution >= 4 is 0 Å². The molecule has 0 aliphatic rings. The second kappa shape index (κ2) is 6.76. The van der Waals surface area contributed by atoms with Gasteiger partial charge in [-0.1, -0.05) is 32.0 Å². The van der Waals surface area contributed by atoms with Crippen molar-refractivity contribution in [2.45, 2.75) is 40.3 Å². The topological polar surface area (TPSA) is 41.5 Å². The molecular weight excluding hydrogens is 226 g/mol. The normalized spacial score (nSPS) is 11.9. The third-order valence-electron chi connectivity index (χ3n) is 2.68. The summed E-state index contributed by atoms with van der Waals surface area (Å²) >= 11 is 0. The molecule has 0 aromatic heterocycles. The van der Waals surface area contributed by atoms with Crippen LogP contribution in [0.1, 0.15) is 33.3 Å². The third-order valence-corrected chi connectivity index (χ3v) is 2.68. The zero-order valence-electron chi connectivity index (χ0n) is 11.9. The molecule has 0 unspecified atom stereocenters. The van der Waals surface area contributed by atoms with E-state index in [0.717, 1.165) is 24.4 Å². The summed E-state index contributed by atoms with van der Waals surface area (Å²) in [6.07, 6.45) is 0.181. The summed E-state index contributed by atoms with van der Waals surface area (Å²) in [5.74, 6) is 0.932. The van der Waals surface area contributed by atoms with Crippen LogP contribution in [0.2, 0.25) is 0 Å². The molecule has 3 nitrogen and oxygen atoms in total. The van der Waals surface area contributed by atoms with Crippen molar-refractivity contribution in [2.75, 3.05) is 13.2 Å². The highest BCUT2D eigenvalue weighted by Gasteiger charge is 2.15. The Morgan fingerprint density at radius 2 is 1.94 bits per heavy atom. The Kier molecular flexibility index (Phi) is 5.63. The minimum absolute atomic E-state index is 0.0894. The van der Waals surface area contributed by atoms with Gasteiger partial charge in [-0.2, -0.15) is 0 Å². The van der Waals surface area contributed by atoms with Crippen molar-refractivity contribution in [1.82, 2.24) is 5.32 Å². The average molecular weight is 251 g/mol. The van der Waals surface area contributed by atoms with E-state index in [9.17, 15) is 5.11 Å². The van der Waals surface area contributed by atoms with Crippen molar-refractivity contribution in [1.29, 1.82) is 0 Å². The van der Waals surface area contributed by atoms with Crippen molar-refractivity contribution in [3.63, 3.8) is 0 Å². The van der Waals surface area contributed by atoms with Gasteiger partial charge in [0, 0.05) is 30.7 Å². The lowest BCUT2D eigenvalue weighted by Crippen LogP contribution is -2.32. The number of aliphatic hydroxyl groups is 1. The molecule has 0 fully saturated rings. The number of para-hydroxylation sites is 1. The summed E-state index contributed by atoms with van der Waals surface area (Å²) in [7, 11) is 0. The molecule has 0 aliphatic carbocycles. The van der Waals surface area contributed by atoms with E-state index in [1.165, 1.54) is 0 Å². The lowest BCUT2D eigenvalue weighted by Gasteiger charge is -2.22. The number of nitrogens with one attached hydrogen (secondary N) is 1. The van der Waals surface area contributed by atoms with Crippen molar-refractivity contribution < 1.29 is 9.84 Å². The van der Waals surface area contributed by atoms with Crippen LogP contribution in [-0.4, -0.2) is 24.4 Å². The summed E-state index contributed by atoms with van der Waals surface area (Å²) in [6, 6.07) is 8.06. The van der Waals surface area contributed by atoms with Gasteiger partial charge in [0.2, 0.25) is 0 Å². The zero-order chi connectivity index (χ0) is 13.6. The Balaban J connectivity index is 2.56. The number of ether oxygens (including phenoxy) is 1. The molecule has 0 amide bonds. The van der Waals surface area contributed by atoms with Crippen LogP contribution < -0.4 is 10.1 Å². The van der Waals surface area contributed by atoms with Gasteiger partial charge in [0.05, 0.1) is 6.10 Å². The van der Waals surface area contributed by atoms with E-state index in [-0.39, 0.29) is 18.1 Å². The molecule has 1 rings (SSSR count). The molecule has 0 spiro atoms. The molecule has 102 valence electrons. The van der Waals surface area contributed by atoms with Crippen LogP contribution >= 0.6 is 0 Å². The fourth-order valence-corrected chi connectivity index (χ4v) is 1.61. The molecule has 0 saturated carbocycles. The van der Waals surface area contributed by atoms with Crippen LogP contribution in [0.4, 0.5) is 0 Å². The standard InChI is InChI=1S/C15H25NO2/c1-12(2)18-14-8-6-5-7-13(14)9-16-10-15(3,4)11-17/h5-8,12,16-17H,9-11H2,1-4H3. The maximum absolute atomic E-state index is 9.20. The predicted molar refractivity (Wildman–Crippen MR) is 74.8 cm³/mol. The molecule has 3 heteroatoms. The molecule has 0 aliphatic heterocycles. The Labute approximate surface area is 110 Å². The van der Waals surface area contributed by atoms with Gasteiger partial charge in [0.1, 0.15) is 5.75 Å². The maximum atomic E-state index is 9.20. The van der Waals surface area contributed by atoms with Crippen LogP contribution in [0.3, 0.4) is 0 Å². The number of rotatable bonds is 7. The van der Waals surface area contributed by atoms with Gasteiger partial charge in [-0.25, -0.2) is 0 Å². The highest BCUT2D eigenvalue weighted by atomic mass is 16.5. The van der Waals surface area contributed by atoms with Gasteiger partial charge in [0.15, 0.2) is 0 Å². The zero-order valence-corrected chi connectivity index (χ0v) is 11.9. The summed E-state index contributed by atoms with van der Waals surface area (Å²) in [4.78, 5) is 0. The first-order valence-corrected chi connectivity index (χ1v) is 6.51. The van der Waals surface area contributed by atoms with Crippen molar-refractivity contribution in [3.8, 4) is 5.75 Å². The third kappa shape index (κ3) is 5.07. The first kappa shape index (κ1) is 15.0. The van der Waals surface area contributed by atoms with Crippen LogP contribution in [0.15, 0.2) is 24.3 Å². The van der Waals surface area contributed by atoms with Gasteiger partial charge in [-0.15, -0.1) is 0 Å². The summed E-state index contributed by atoms with van der Waals surface area (Å²) in [5, 5.41) is 12.6. The highest BCUT2D eigenvalue weighted by Crippen LogP contribution is 2.19. The van der Waals surface area contributed by atoms with E-state index in [2.05, 4.69) is 11.4 Å². The summed E-state index contributed by atoms with van der Waals surface area (Å²) in [5.41, 5.74) is 1.06. The van der Waals surface area contributed by atoms with Gasteiger partial charge in [-0.3, -0.25) is 0 Å². The van der Waals surface area contributed by atoms with Crippen LogP contribution in [0, 0.1) is 5.41 Å². The van der Waals surface area contributed by atoms with E-state index in [1.54, 1.807) is 0 Å². The Hall–Kier alpha value is -1.06.